The van der Waals surface area contributed by atoms with Crippen molar-refractivity contribution in [1.29, 1.82) is 0 Å². The zero-order chi connectivity index (χ0) is 14.2. The van der Waals surface area contributed by atoms with Gasteiger partial charge in [0.05, 0.1) is 0 Å². The Morgan fingerprint density at radius 3 is 2.55 bits per heavy atom. The molecule has 0 fully saturated rings. The molecule has 0 saturated carbocycles. The van der Waals surface area contributed by atoms with Crippen molar-refractivity contribution < 1.29 is 0 Å². The molecule has 1 N–H and O–H groups in total. The second-order valence-corrected chi connectivity index (χ2v) is 5.65. The van der Waals surface area contributed by atoms with Gasteiger partial charge in [-0.05, 0) is 43.3 Å². The van der Waals surface area contributed by atoms with E-state index in [1.54, 1.807) is 0 Å². The van der Waals surface area contributed by atoms with Crippen LogP contribution in [0.3, 0.4) is 0 Å². The second-order valence-electron chi connectivity index (χ2n) is 5.65. The van der Waals surface area contributed by atoms with E-state index in [2.05, 4.69) is 60.3 Å². The van der Waals surface area contributed by atoms with E-state index in [-0.39, 0.29) is 0 Å². The van der Waals surface area contributed by atoms with Gasteiger partial charge in [0.15, 0.2) is 0 Å². The minimum Gasteiger partial charge on any atom is -0.347 e. The number of nitrogens with zero attached hydrogens (tertiary/aromatic N) is 1. The van der Waals surface area contributed by atoms with E-state index in [9.17, 15) is 0 Å². The lowest BCUT2D eigenvalue weighted by molar-refractivity contribution is 0.433. The molecule has 0 unspecified atom stereocenters. The van der Waals surface area contributed by atoms with E-state index in [0.29, 0.717) is 6.04 Å². The van der Waals surface area contributed by atoms with Crippen LogP contribution in [0.2, 0.25) is 0 Å². The molecule has 0 spiro atoms. The van der Waals surface area contributed by atoms with Crippen molar-refractivity contribution in [3.63, 3.8) is 0 Å². The Morgan fingerprint density at radius 1 is 1.05 bits per heavy atom. The van der Waals surface area contributed by atoms with Crippen LogP contribution in [0.25, 0.3) is 10.9 Å². The number of para-hydroxylation sites is 1. The van der Waals surface area contributed by atoms with Gasteiger partial charge in [0, 0.05) is 24.3 Å². The van der Waals surface area contributed by atoms with Crippen LogP contribution in [0.1, 0.15) is 46.0 Å². The van der Waals surface area contributed by atoms with Crippen molar-refractivity contribution in [2.75, 3.05) is 6.54 Å². The lowest BCUT2D eigenvalue weighted by Crippen LogP contribution is -2.30. The van der Waals surface area contributed by atoms with Gasteiger partial charge in [-0.25, -0.2) is 0 Å². The van der Waals surface area contributed by atoms with Crippen molar-refractivity contribution >= 4 is 10.9 Å². The van der Waals surface area contributed by atoms with Gasteiger partial charge < -0.3 is 9.88 Å². The van der Waals surface area contributed by atoms with E-state index in [0.717, 1.165) is 13.1 Å². The standard InChI is InChI=1S/C18H28N2/c1-3-8-17(9-4-2)19-13-7-14-20-15-12-16-10-5-6-11-18(16)20/h5-6,10-12,15,17,19H,3-4,7-9,13-14H2,1-2H3. The van der Waals surface area contributed by atoms with Crippen LogP contribution >= 0.6 is 0 Å². The molecule has 0 aliphatic carbocycles. The Kier molecular flexibility index (Phi) is 6.13. The second kappa shape index (κ2) is 8.11. The Bertz CT molecular complexity index is 495. The summed E-state index contributed by atoms with van der Waals surface area (Å²) < 4.78 is 2.37. The summed E-state index contributed by atoms with van der Waals surface area (Å²) >= 11 is 0. The molecule has 2 aromatic rings. The van der Waals surface area contributed by atoms with Gasteiger partial charge >= 0.3 is 0 Å². The molecule has 0 amide bonds. The van der Waals surface area contributed by atoms with E-state index in [1.165, 1.54) is 43.0 Å². The van der Waals surface area contributed by atoms with Crippen LogP contribution in [-0.2, 0) is 6.54 Å². The summed E-state index contributed by atoms with van der Waals surface area (Å²) in [5.74, 6) is 0. The first-order chi connectivity index (χ1) is 9.85. The molecule has 0 saturated heterocycles. The molecule has 0 radical (unpaired) electrons. The third-order valence-electron chi connectivity index (χ3n) is 3.96. The van der Waals surface area contributed by atoms with Gasteiger partial charge in [0.25, 0.3) is 0 Å². The zero-order valence-electron chi connectivity index (χ0n) is 12.9. The predicted molar refractivity (Wildman–Crippen MR) is 88.2 cm³/mol. The zero-order valence-corrected chi connectivity index (χ0v) is 12.9. The monoisotopic (exact) mass is 272 g/mol. The first-order valence-corrected chi connectivity index (χ1v) is 8.12. The summed E-state index contributed by atoms with van der Waals surface area (Å²) in [6.45, 7) is 6.77. The van der Waals surface area contributed by atoms with Gasteiger partial charge in [-0.15, -0.1) is 0 Å². The molecular formula is C18H28N2. The summed E-state index contributed by atoms with van der Waals surface area (Å²) in [5.41, 5.74) is 1.35. The number of hydrogen-bond donors (Lipinski definition) is 1. The molecule has 2 nitrogen and oxygen atoms in total. The highest BCUT2D eigenvalue weighted by molar-refractivity contribution is 5.79. The average Bonchev–Trinajstić information content (AvgIpc) is 2.87. The lowest BCUT2D eigenvalue weighted by atomic mass is 10.1. The van der Waals surface area contributed by atoms with Gasteiger partial charge in [0.1, 0.15) is 0 Å². The first kappa shape index (κ1) is 15.1. The minimum absolute atomic E-state index is 0.714. The van der Waals surface area contributed by atoms with E-state index in [1.807, 2.05) is 0 Å². The highest BCUT2D eigenvalue weighted by atomic mass is 15.0. The van der Waals surface area contributed by atoms with Crippen LogP contribution in [0.15, 0.2) is 36.5 Å². The smallest absolute Gasteiger partial charge is 0.0480 e. The fraction of sp³-hybridized carbons (Fsp3) is 0.556. The molecule has 2 rings (SSSR count). The van der Waals surface area contributed by atoms with E-state index < -0.39 is 0 Å². The lowest BCUT2D eigenvalue weighted by Gasteiger charge is -2.17. The number of aromatic nitrogens is 1. The summed E-state index contributed by atoms with van der Waals surface area (Å²) in [6, 6.07) is 11.5. The number of rotatable bonds is 9. The van der Waals surface area contributed by atoms with E-state index in [4.69, 9.17) is 0 Å². The molecule has 0 bridgehead atoms. The number of nitrogens with one attached hydrogen (secondary N) is 1. The molecular weight excluding hydrogens is 244 g/mol. The summed E-state index contributed by atoms with van der Waals surface area (Å²) in [5, 5.41) is 5.06. The van der Waals surface area contributed by atoms with Crippen LogP contribution in [0.4, 0.5) is 0 Å². The Balaban J connectivity index is 1.78. The minimum atomic E-state index is 0.714. The van der Waals surface area contributed by atoms with Crippen LogP contribution in [0.5, 0.6) is 0 Å². The molecule has 1 aromatic carbocycles. The predicted octanol–water partition coefficient (Wildman–Crippen LogP) is 4.59. The van der Waals surface area contributed by atoms with Gasteiger partial charge in [0.2, 0.25) is 0 Å². The van der Waals surface area contributed by atoms with Crippen molar-refractivity contribution in [2.24, 2.45) is 0 Å². The van der Waals surface area contributed by atoms with Crippen LogP contribution < -0.4 is 5.32 Å². The fourth-order valence-corrected chi connectivity index (χ4v) is 2.94. The third kappa shape index (κ3) is 4.11. The highest BCUT2D eigenvalue weighted by Gasteiger charge is 2.05. The Hall–Kier alpha value is -1.28. The SMILES string of the molecule is CCCC(CCC)NCCCn1ccc2ccccc21. The molecule has 0 aliphatic rings. The Morgan fingerprint density at radius 2 is 1.80 bits per heavy atom. The largest absolute Gasteiger partial charge is 0.347 e. The number of benzene rings is 1. The summed E-state index contributed by atoms with van der Waals surface area (Å²) in [6.07, 6.45) is 8.57. The topological polar surface area (TPSA) is 17.0 Å². The van der Waals surface area contributed by atoms with Gasteiger partial charge in [-0.3, -0.25) is 0 Å². The van der Waals surface area contributed by atoms with E-state index >= 15 is 0 Å². The van der Waals surface area contributed by atoms with Crippen molar-refractivity contribution in [3.8, 4) is 0 Å². The maximum absolute atomic E-state index is 3.72. The molecule has 2 heteroatoms. The summed E-state index contributed by atoms with van der Waals surface area (Å²) in [7, 11) is 0. The molecule has 1 heterocycles. The maximum Gasteiger partial charge on any atom is 0.0480 e. The molecule has 1 aromatic heterocycles. The quantitative estimate of drug-likeness (QED) is 0.661. The van der Waals surface area contributed by atoms with Crippen LogP contribution in [-0.4, -0.2) is 17.2 Å². The molecule has 110 valence electrons. The van der Waals surface area contributed by atoms with Gasteiger partial charge in [-0.1, -0.05) is 44.9 Å². The van der Waals surface area contributed by atoms with Crippen molar-refractivity contribution in [1.82, 2.24) is 9.88 Å². The average molecular weight is 272 g/mol. The molecule has 0 atom stereocenters. The van der Waals surface area contributed by atoms with Crippen molar-refractivity contribution in [3.05, 3.63) is 36.5 Å². The van der Waals surface area contributed by atoms with Gasteiger partial charge in [-0.2, -0.15) is 0 Å². The number of hydrogen-bond acceptors (Lipinski definition) is 1. The normalized spacial score (nSPS) is 11.6. The fourth-order valence-electron chi connectivity index (χ4n) is 2.94. The number of aryl methyl sites for hydroxylation is 1. The highest BCUT2D eigenvalue weighted by Crippen LogP contribution is 2.15. The maximum atomic E-state index is 3.72. The Labute approximate surface area is 123 Å². The molecule has 20 heavy (non-hydrogen) atoms. The molecule has 0 aliphatic heterocycles. The summed E-state index contributed by atoms with van der Waals surface area (Å²) in [4.78, 5) is 0. The van der Waals surface area contributed by atoms with Crippen LogP contribution in [0, 0.1) is 0 Å². The number of fused-ring (bicyclic) bond motifs is 1. The first-order valence-electron chi connectivity index (χ1n) is 8.12. The third-order valence-corrected chi connectivity index (χ3v) is 3.96. The van der Waals surface area contributed by atoms with Crippen molar-refractivity contribution in [2.45, 2.75) is 58.5 Å².